The second-order valence-electron chi connectivity index (χ2n) is 8.59. The third-order valence-corrected chi connectivity index (χ3v) is 4.39. The molecule has 2 rings (SSSR count). The molecule has 0 aliphatic rings. The Bertz CT molecular complexity index is 1020. The van der Waals surface area contributed by atoms with Crippen molar-refractivity contribution in [1.29, 1.82) is 0 Å². The van der Waals surface area contributed by atoms with Gasteiger partial charge in [0, 0.05) is 23.0 Å². The van der Waals surface area contributed by atoms with E-state index in [-0.39, 0.29) is 23.4 Å². The standard InChI is InChI=1S/C23H26FN3O3/c1-7-23(5,6)27-21(30)18-12-15(8-9-25-18)26-20(29)11-14-10-19(28)16(13-17(14)24)22(2,3)4/h1,8-10,12-13,28H,11H2,2-6H3,(H,27,30)(H,25,26,29). The average molecular weight is 411 g/mol. The maximum Gasteiger partial charge on any atom is 0.271 e. The summed E-state index contributed by atoms with van der Waals surface area (Å²) in [7, 11) is 0. The summed E-state index contributed by atoms with van der Waals surface area (Å²) in [6.45, 7) is 8.91. The Morgan fingerprint density at radius 2 is 1.87 bits per heavy atom. The second-order valence-corrected chi connectivity index (χ2v) is 8.59. The van der Waals surface area contributed by atoms with Crippen LogP contribution in [-0.4, -0.2) is 27.4 Å². The molecule has 2 amide bonds. The minimum atomic E-state index is -0.850. The molecule has 0 aliphatic carbocycles. The summed E-state index contributed by atoms with van der Waals surface area (Å²) >= 11 is 0. The molecule has 0 unspecified atom stereocenters. The maximum atomic E-state index is 14.5. The Balaban J connectivity index is 2.14. The monoisotopic (exact) mass is 411 g/mol. The highest BCUT2D eigenvalue weighted by Gasteiger charge is 2.22. The number of hydrogen-bond acceptors (Lipinski definition) is 4. The number of rotatable bonds is 5. The van der Waals surface area contributed by atoms with E-state index < -0.39 is 28.6 Å². The SMILES string of the molecule is C#CC(C)(C)NC(=O)c1cc(NC(=O)Cc2cc(O)c(C(C)(C)C)cc2F)ccn1. The van der Waals surface area contributed by atoms with Gasteiger partial charge in [-0.3, -0.25) is 14.6 Å². The van der Waals surface area contributed by atoms with Crippen molar-refractivity contribution in [3.63, 3.8) is 0 Å². The van der Waals surface area contributed by atoms with Crippen molar-refractivity contribution < 1.29 is 19.1 Å². The van der Waals surface area contributed by atoms with Crippen LogP contribution in [-0.2, 0) is 16.6 Å². The molecular formula is C23H26FN3O3. The molecule has 1 aromatic carbocycles. The number of aromatic nitrogens is 1. The van der Waals surface area contributed by atoms with Crippen LogP contribution in [0.2, 0.25) is 0 Å². The number of hydrogen-bond donors (Lipinski definition) is 3. The van der Waals surface area contributed by atoms with Crippen molar-refractivity contribution in [3.05, 3.63) is 53.1 Å². The van der Waals surface area contributed by atoms with E-state index in [9.17, 15) is 19.1 Å². The molecule has 0 fully saturated rings. The van der Waals surface area contributed by atoms with Gasteiger partial charge in [0.1, 0.15) is 17.3 Å². The lowest BCUT2D eigenvalue weighted by Gasteiger charge is -2.21. The van der Waals surface area contributed by atoms with Gasteiger partial charge < -0.3 is 15.7 Å². The lowest BCUT2D eigenvalue weighted by atomic mass is 9.85. The van der Waals surface area contributed by atoms with E-state index in [0.29, 0.717) is 11.3 Å². The van der Waals surface area contributed by atoms with Crippen LogP contribution in [0.1, 0.15) is 56.2 Å². The molecule has 0 atom stereocenters. The lowest BCUT2D eigenvalue weighted by Crippen LogP contribution is -2.42. The van der Waals surface area contributed by atoms with Crippen LogP contribution in [0.25, 0.3) is 0 Å². The molecule has 0 saturated heterocycles. The number of phenolic OH excluding ortho intramolecular Hbond substituents is 1. The van der Waals surface area contributed by atoms with E-state index in [1.807, 2.05) is 20.8 Å². The van der Waals surface area contributed by atoms with Crippen molar-refractivity contribution in [2.75, 3.05) is 5.32 Å². The minimum Gasteiger partial charge on any atom is -0.508 e. The summed E-state index contributed by atoms with van der Waals surface area (Å²) in [6, 6.07) is 5.43. The van der Waals surface area contributed by atoms with E-state index in [1.54, 1.807) is 13.8 Å². The number of amides is 2. The van der Waals surface area contributed by atoms with Crippen molar-refractivity contribution >= 4 is 17.5 Å². The third kappa shape index (κ3) is 5.80. The topological polar surface area (TPSA) is 91.3 Å². The molecule has 0 saturated carbocycles. The van der Waals surface area contributed by atoms with E-state index in [0.717, 1.165) is 0 Å². The number of nitrogens with one attached hydrogen (secondary N) is 2. The maximum absolute atomic E-state index is 14.5. The molecule has 1 aromatic heterocycles. The second kappa shape index (κ2) is 8.54. The Kier molecular flexibility index (Phi) is 6.51. The number of pyridine rings is 1. The van der Waals surface area contributed by atoms with Crippen molar-refractivity contribution in [3.8, 4) is 18.1 Å². The Hall–Kier alpha value is -3.40. The molecule has 30 heavy (non-hydrogen) atoms. The van der Waals surface area contributed by atoms with Crippen molar-refractivity contribution in [1.82, 2.24) is 10.3 Å². The number of carbonyl (C=O) groups is 2. The van der Waals surface area contributed by atoms with Gasteiger partial charge >= 0.3 is 0 Å². The Labute approximate surface area is 175 Å². The van der Waals surface area contributed by atoms with Gasteiger partial charge in [0.25, 0.3) is 5.91 Å². The van der Waals surface area contributed by atoms with Crippen LogP contribution in [0.5, 0.6) is 5.75 Å². The van der Waals surface area contributed by atoms with Gasteiger partial charge in [-0.25, -0.2) is 4.39 Å². The van der Waals surface area contributed by atoms with Gasteiger partial charge in [0.2, 0.25) is 5.91 Å². The predicted molar refractivity (Wildman–Crippen MR) is 114 cm³/mol. The average Bonchev–Trinajstić information content (AvgIpc) is 2.63. The lowest BCUT2D eigenvalue weighted by molar-refractivity contribution is -0.115. The fraction of sp³-hybridized carbons (Fsp3) is 0.348. The fourth-order valence-electron chi connectivity index (χ4n) is 2.74. The van der Waals surface area contributed by atoms with E-state index in [2.05, 4.69) is 21.5 Å². The summed E-state index contributed by atoms with van der Waals surface area (Å²) in [5.41, 5.74) is -0.349. The molecule has 0 radical (unpaired) electrons. The predicted octanol–water partition coefficient (Wildman–Crippen LogP) is 3.55. The van der Waals surface area contributed by atoms with Gasteiger partial charge in [0.15, 0.2) is 0 Å². The van der Waals surface area contributed by atoms with Crippen LogP contribution in [0.3, 0.4) is 0 Å². The van der Waals surface area contributed by atoms with Crippen molar-refractivity contribution in [2.45, 2.75) is 52.0 Å². The Morgan fingerprint density at radius 3 is 2.47 bits per heavy atom. The minimum absolute atomic E-state index is 0.0642. The number of phenols is 1. The largest absolute Gasteiger partial charge is 0.508 e. The zero-order valence-electron chi connectivity index (χ0n) is 17.8. The zero-order chi connectivity index (χ0) is 22.7. The number of benzene rings is 1. The molecule has 7 heteroatoms. The molecule has 2 aromatic rings. The highest BCUT2D eigenvalue weighted by Crippen LogP contribution is 2.32. The third-order valence-electron chi connectivity index (χ3n) is 4.39. The summed E-state index contributed by atoms with van der Waals surface area (Å²) < 4.78 is 14.5. The van der Waals surface area contributed by atoms with Crippen LogP contribution >= 0.6 is 0 Å². The first-order chi connectivity index (χ1) is 13.8. The number of terminal acetylenes is 1. The van der Waals surface area contributed by atoms with Crippen LogP contribution in [0, 0.1) is 18.2 Å². The zero-order valence-corrected chi connectivity index (χ0v) is 17.8. The fourth-order valence-corrected chi connectivity index (χ4v) is 2.74. The first kappa shape index (κ1) is 22.9. The van der Waals surface area contributed by atoms with Gasteiger partial charge in [-0.1, -0.05) is 26.7 Å². The highest BCUT2D eigenvalue weighted by atomic mass is 19.1. The number of aromatic hydroxyl groups is 1. The molecule has 0 aliphatic heterocycles. The molecular weight excluding hydrogens is 385 g/mol. The highest BCUT2D eigenvalue weighted by molar-refractivity contribution is 5.96. The number of carbonyl (C=O) groups excluding carboxylic acids is 2. The van der Waals surface area contributed by atoms with Crippen molar-refractivity contribution in [2.24, 2.45) is 0 Å². The number of anilines is 1. The van der Waals surface area contributed by atoms with E-state index >= 15 is 0 Å². The van der Waals surface area contributed by atoms with Gasteiger partial charge in [0.05, 0.1) is 12.0 Å². The van der Waals surface area contributed by atoms with Crippen LogP contribution in [0.4, 0.5) is 10.1 Å². The quantitative estimate of drug-likeness (QED) is 0.656. The molecule has 158 valence electrons. The smallest absolute Gasteiger partial charge is 0.271 e. The van der Waals surface area contributed by atoms with E-state index in [1.165, 1.54) is 30.5 Å². The number of nitrogens with zero attached hydrogens (tertiary/aromatic N) is 1. The van der Waals surface area contributed by atoms with Gasteiger partial charge in [-0.05, 0) is 43.5 Å². The van der Waals surface area contributed by atoms with Gasteiger partial charge in [-0.15, -0.1) is 6.42 Å². The molecule has 0 spiro atoms. The van der Waals surface area contributed by atoms with Crippen LogP contribution in [0.15, 0.2) is 30.5 Å². The van der Waals surface area contributed by atoms with E-state index in [4.69, 9.17) is 6.42 Å². The molecule has 6 nitrogen and oxygen atoms in total. The number of halogens is 1. The summed E-state index contributed by atoms with van der Waals surface area (Å²) in [5.74, 6) is 0.834. The summed E-state index contributed by atoms with van der Waals surface area (Å²) in [4.78, 5) is 28.6. The van der Waals surface area contributed by atoms with Crippen LogP contribution < -0.4 is 10.6 Å². The van der Waals surface area contributed by atoms with Gasteiger partial charge in [-0.2, -0.15) is 0 Å². The first-order valence-electron chi connectivity index (χ1n) is 9.40. The first-order valence-corrected chi connectivity index (χ1v) is 9.40. The molecule has 1 heterocycles. The summed E-state index contributed by atoms with van der Waals surface area (Å²) in [5, 5.41) is 15.5. The Morgan fingerprint density at radius 1 is 1.20 bits per heavy atom. The molecule has 3 N–H and O–H groups in total. The normalized spacial score (nSPS) is 11.5. The summed E-state index contributed by atoms with van der Waals surface area (Å²) in [6.07, 6.45) is 6.46. The molecule has 0 bridgehead atoms.